The summed E-state index contributed by atoms with van der Waals surface area (Å²) >= 11 is 0. The van der Waals surface area contributed by atoms with Crippen LogP contribution >= 0.6 is 7.82 Å². The van der Waals surface area contributed by atoms with Crippen molar-refractivity contribution in [1.29, 1.82) is 0 Å². The van der Waals surface area contributed by atoms with Crippen LogP contribution in [0.5, 0.6) is 0 Å². The largest absolute Gasteiger partial charge is 0.472 e. The maximum absolute atomic E-state index is 12.8. The quantitative estimate of drug-likeness (QED) is 0.0243. The van der Waals surface area contributed by atoms with Crippen LogP contribution in [0.15, 0.2) is 97.2 Å². The first-order chi connectivity index (χ1) is 31.0. The molecule has 0 spiro atoms. The van der Waals surface area contributed by atoms with Gasteiger partial charge in [0.1, 0.15) is 13.2 Å². The molecule has 0 aliphatic heterocycles. The monoisotopic (exact) mass is 914 g/mol. The van der Waals surface area contributed by atoms with Gasteiger partial charge in [-0.1, -0.05) is 207 Å². The van der Waals surface area contributed by atoms with Gasteiger partial charge in [0.2, 0.25) is 5.91 Å². The van der Waals surface area contributed by atoms with Gasteiger partial charge >= 0.3 is 7.82 Å². The van der Waals surface area contributed by atoms with Crippen molar-refractivity contribution >= 4 is 13.7 Å². The second-order valence-corrected chi connectivity index (χ2v) is 19.6. The maximum atomic E-state index is 12.8. The lowest BCUT2D eigenvalue weighted by molar-refractivity contribution is -0.870. The average molecular weight is 914 g/mol. The van der Waals surface area contributed by atoms with Gasteiger partial charge in [0.25, 0.3) is 0 Å². The first kappa shape index (κ1) is 61.4. The number of rotatable bonds is 45. The lowest BCUT2D eigenvalue weighted by Crippen LogP contribution is -2.45. The van der Waals surface area contributed by atoms with Crippen molar-refractivity contribution in [3.63, 3.8) is 0 Å². The topological polar surface area (TPSA) is 105 Å². The fraction of sp³-hybridized carbons (Fsp3) is 0.691. The Morgan fingerprint density at radius 3 is 1.42 bits per heavy atom. The minimum Gasteiger partial charge on any atom is -0.387 e. The maximum Gasteiger partial charge on any atom is 0.472 e. The van der Waals surface area contributed by atoms with Gasteiger partial charge < -0.3 is 19.8 Å². The SMILES string of the molecule is CC/C=C\C/C=C\C/C=C\C/C=C\C/C=C\C/C=C\CCCCCCCCCCCCCCCCCCC(=O)NC(COP(=O)(O)OCC[N+](C)(C)C)C(O)/C=C/CC/C=C/CCC. The van der Waals surface area contributed by atoms with Crippen molar-refractivity contribution in [1.82, 2.24) is 5.32 Å². The molecular weight excluding hydrogens is 816 g/mol. The standard InChI is InChI=1S/C55H97N2O6P/c1-6-8-10-12-14-15-16-17-18-19-20-21-22-23-24-25-26-27-28-29-30-31-32-33-34-35-36-37-38-39-40-41-43-45-47-49-55(59)56-53(54(58)48-46-44-42-13-11-9-7-2)52-63-64(60,61)62-51-50-57(3,4)5/h8,10-11,13-15,17-18,20-21,23-24,26-27,46,48,53-54,58H,6-7,9,12,16,19,22,25,28-45,47,49-52H2,1-5H3,(H-,56,59,60,61)/p+1/b10-8-,13-11+,15-14-,18-17-,21-20-,24-23-,27-26-,48-46+. The van der Waals surface area contributed by atoms with E-state index in [2.05, 4.69) is 104 Å². The Balaban J connectivity index is 3.93. The Bertz CT molecular complexity index is 1360. The van der Waals surface area contributed by atoms with Gasteiger partial charge in [-0.25, -0.2) is 4.57 Å². The highest BCUT2D eigenvalue weighted by molar-refractivity contribution is 7.47. The molecule has 0 aromatic carbocycles. The summed E-state index contributed by atoms with van der Waals surface area (Å²) in [5.41, 5.74) is 0. The van der Waals surface area contributed by atoms with Crippen molar-refractivity contribution in [2.45, 2.75) is 206 Å². The van der Waals surface area contributed by atoms with Gasteiger partial charge in [0.15, 0.2) is 0 Å². The first-order valence-electron chi connectivity index (χ1n) is 25.6. The summed E-state index contributed by atoms with van der Waals surface area (Å²) in [5, 5.41) is 13.7. The zero-order valence-corrected chi connectivity index (χ0v) is 42.6. The van der Waals surface area contributed by atoms with Crippen molar-refractivity contribution in [3.8, 4) is 0 Å². The van der Waals surface area contributed by atoms with E-state index in [1.54, 1.807) is 6.08 Å². The lowest BCUT2D eigenvalue weighted by atomic mass is 10.0. The second kappa shape index (κ2) is 45.6. The van der Waals surface area contributed by atoms with Crippen molar-refractivity contribution < 1.29 is 32.9 Å². The number of carbonyl (C=O) groups excluding carboxylic acids is 1. The van der Waals surface area contributed by atoms with Crippen LogP contribution in [0.1, 0.15) is 194 Å². The number of amides is 1. The van der Waals surface area contributed by atoms with E-state index in [4.69, 9.17) is 9.05 Å². The number of phosphoric ester groups is 1. The average Bonchev–Trinajstić information content (AvgIpc) is 3.25. The number of hydrogen-bond acceptors (Lipinski definition) is 5. The highest BCUT2D eigenvalue weighted by Gasteiger charge is 2.27. The number of nitrogens with zero attached hydrogens (tertiary/aromatic N) is 1. The molecule has 0 aliphatic carbocycles. The molecule has 1 amide bonds. The van der Waals surface area contributed by atoms with Gasteiger partial charge in [-0.3, -0.25) is 13.8 Å². The molecule has 3 N–H and O–H groups in total. The third kappa shape index (κ3) is 47.4. The van der Waals surface area contributed by atoms with Gasteiger partial charge in [-0.05, 0) is 77.0 Å². The van der Waals surface area contributed by atoms with Crippen LogP contribution in [0.25, 0.3) is 0 Å². The fourth-order valence-corrected chi connectivity index (χ4v) is 7.51. The third-order valence-electron chi connectivity index (χ3n) is 10.8. The summed E-state index contributed by atoms with van der Waals surface area (Å²) in [6.45, 7) is 4.55. The van der Waals surface area contributed by atoms with Gasteiger partial charge in [0, 0.05) is 6.42 Å². The Labute approximate surface area is 394 Å². The summed E-state index contributed by atoms with van der Waals surface area (Å²) in [6, 6.07) is -0.864. The van der Waals surface area contributed by atoms with E-state index < -0.39 is 20.0 Å². The predicted octanol–water partition coefficient (Wildman–Crippen LogP) is 15.1. The van der Waals surface area contributed by atoms with Crippen LogP contribution in [0, 0.1) is 0 Å². The minimum absolute atomic E-state index is 0.0524. The number of allylic oxidation sites excluding steroid dienone is 15. The Kier molecular flexibility index (Phi) is 43.7. The number of nitrogens with one attached hydrogen (secondary N) is 1. The number of carbonyl (C=O) groups is 1. The molecule has 0 aliphatic rings. The van der Waals surface area contributed by atoms with E-state index in [9.17, 15) is 19.4 Å². The van der Waals surface area contributed by atoms with Crippen LogP contribution < -0.4 is 5.32 Å². The summed E-state index contributed by atoms with van der Waals surface area (Å²) in [4.78, 5) is 23.0. The molecule has 64 heavy (non-hydrogen) atoms. The molecule has 368 valence electrons. The number of hydrogen-bond donors (Lipinski definition) is 3. The van der Waals surface area contributed by atoms with Crippen LogP contribution in [0.4, 0.5) is 0 Å². The molecule has 3 unspecified atom stereocenters. The van der Waals surface area contributed by atoms with Crippen LogP contribution in [0.2, 0.25) is 0 Å². The Morgan fingerprint density at radius 2 is 0.953 bits per heavy atom. The first-order valence-corrected chi connectivity index (χ1v) is 27.1. The molecule has 8 nitrogen and oxygen atoms in total. The Hall–Kier alpha value is -2.58. The lowest BCUT2D eigenvalue weighted by Gasteiger charge is -2.25. The van der Waals surface area contributed by atoms with Crippen molar-refractivity contribution in [2.24, 2.45) is 0 Å². The Morgan fingerprint density at radius 1 is 0.547 bits per heavy atom. The molecule has 0 rings (SSSR count). The second-order valence-electron chi connectivity index (χ2n) is 18.2. The fourth-order valence-electron chi connectivity index (χ4n) is 6.77. The molecule has 0 radical (unpaired) electrons. The van der Waals surface area contributed by atoms with Crippen LogP contribution in [-0.2, 0) is 18.4 Å². The van der Waals surface area contributed by atoms with E-state index in [1.165, 1.54) is 89.9 Å². The van der Waals surface area contributed by atoms with Crippen molar-refractivity contribution in [3.05, 3.63) is 97.2 Å². The van der Waals surface area contributed by atoms with E-state index in [0.29, 0.717) is 17.4 Å². The zero-order chi connectivity index (χ0) is 47.1. The number of unbranched alkanes of at least 4 members (excludes halogenated alkanes) is 18. The van der Waals surface area contributed by atoms with E-state index in [1.807, 2.05) is 27.2 Å². The number of aliphatic hydroxyl groups is 1. The third-order valence-corrected chi connectivity index (χ3v) is 11.8. The van der Waals surface area contributed by atoms with E-state index >= 15 is 0 Å². The zero-order valence-electron chi connectivity index (χ0n) is 41.7. The normalized spacial score (nSPS) is 14.9. The smallest absolute Gasteiger partial charge is 0.387 e. The molecule has 0 saturated carbocycles. The number of phosphoric acid groups is 1. The number of likely N-dealkylation sites (N-methyl/N-ethyl adjacent to an activating group) is 1. The highest BCUT2D eigenvalue weighted by Crippen LogP contribution is 2.43. The minimum atomic E-state index is -4.34. The van der Waals surface area contributed by atoms with Gasteiger partial charge in [0.05, 0.1) is 39.9 Å². The van der Waals surface area contributed by atoms with E-state index in [0.717, 1.165) is 83.5 Å². The molecular formula is C55H98N2O6P+. The molecule has 0 fully saturated rings. The molecule has 9 heteroatoms. The predicted molar refractivity (Wildman–Crippen MR) is 276 cm³/mol. The van der Waals surface area contributed by atoms with Gasteiger partial charge in [-0.2, -0.15) is 0 Å². The molecule has 0 aromatic rings. The van der Waals surface area contributed by atoms with Gasteiger partial charge in [-0.15, -0.1) is 0 Å². The summed E-state index contributed by atoms with van der Waals surface area (Å²) in [5.74, 6) is -0.195. The van der Waals surface area contributed by atoms with E-state index in [-0.39, 0.29) is 19.1 Å². The molecule has 0 aromatic heterocycles. The number of quaternary nitrogens is 1. The van der Waals surface area contributed by atoms with Crippen molar-refractivity contribution in [2.75, 3.05) is 40.9 Å². The van der Waals surface area contributed by atoms with Crippen LogP contribution in [0.3, 0.4) is 0 Å². The molecule has 3 atom stereocenters. The van der Waals surface area contributed by atoms with Crippen LogP contribution in [-0.4, -0.2) is 73.4 Å². The summed E-state index contributed by atoms with van der Waals surface area (Å²) in [7, 11) is 1.54. The molecule has 0 bridgehead atoms. The number of aliphatic hydroxyl groups excluding tert-OH is 1. The highest BCUT2D eigenvalue weighted by atomic mass is 31.2. The summed E-state index contributed by atoms with van der Waals surface area (Å²) < 4.78 is 23.4. The summed E-state index contributed by atoms with van der Waals surface area (Å²) in [6.07, 6.45) is 65.4. The molecule has 0 heterocycles. The molecule has 0 saturated heterocycles.